The Morgan fingerprint density at radius 2 is 1.92 bits per heavy atom. The fraction of sp³-hybridized carbons (Fsp3) is 0.381. The summed E-state index contributed by atoms with van der Waals surface area (Å²) in [4.78, 5) is 14.9. The van der Waals surface area contributed by atoms with Gasteiger partial charge in [0.2, 0.25) is 0 Å². The van der Waals surface area contributed by atoms with Gasteiger partial charge in [-0.15, -0.1) is 0 Å². The number of rotatable bonds is 4. The van der Waals surface area contributed by atoms with Gasteiger partial charge < -0.3 is 15.4 Å². The largest absolute Gasteiger partial charge is 0.488 e. The maximum Gasteiger partial charge on any atom is 0.257 e. The van der Waals surface area contributed by atoms with E-state index in [0.717, 1.165) is 12.0 Å². The van der Waals surface area contributed by atoms with E-state index in [-0.39, 0.29) is 17.4 Å². The second kappa shape index (κ2) is 7.68. The monoisotopic (exact) mass is 372 g/mol. The Bertz CT molecular complexity index is 774. The number of amides is 1. The van der Waals surface area contributed by atoms with E-state index in [1.54, 1.807) is 0 Å². The van der Waals surface area contributed by atoms with Crippen LogP contribution < -0.4 is 10.5 Å². The summed E-state index contributed by atoms with van der Waals surface area (Å²) in [5.74, 6) is 0.594. The third-order valence-corrected chi connectivity index (χ3v) is 5.28. The van der Waals surface area contributed by atoms with E-state index in [1.165, 1.54) is 0 Å². The van der Waals surface area contributed by atoms with Crippen molar-refractivity contribution in [1.29, 1.82) is 0 Å². The van der Waals surface area contributed by atoms with Crippen molar-refractivity contribution in [1.82, 2.24) is 4.90 Å². The summed E-state index contributed by atoms with van der Waals surface area (Å²) in [6, 6.07) is 15.0. The minimum atomic E-state index is -0.0903. The van der Waals surface area contributed by atoms with E-state index in [9.17, 15) is 4.79 Å². The van der Waals surface area contributed by atoms with Gasteiger partial charge in [-0.05, 0) is 41.7 Å². The molecule has 5 heteroatoms. The summed E-state index contributed by atoms with van der Waals surface area (Å²) < 4.78 is 5.93. The van der Waals surface area contributed by atoms with Crippen molar-refractivity contribution in [3.05, 3.63) is 64.7 Å². The number of ether oxygens (including phenoxy) is 1. The Morgan fingerprint density at radius 3 is 2.62 bits per heavy atom. The number of hydrogen-bond donors (Lipinski definition) is 1. The third-order valence-electron chi connectivity index (χ3n) is 5.02. The molecule has 2 aromatic rings. The molecule has 0 aromatic heterocycles. The SMILES string of the molecule is CC1(C)CN(C(=O)c2ccccc2OCc2ccc(Cl)cc2)CCC1N. The van der Waals surface area contributed by atoms with Crippen molar-refractivity contribution in [2.75, 3.05) is 13.1 Å². The topological polar surface area (TPSA) is 55.6 Å². The van der Waals surface area contributed by atoms with Crippen molar-refractivity contribution in [3.8, 4) is 5.75 Å². The maximum absolute atomic E-state index is 13.1. The Kier molecular flexibility index (Phi) is 5.54. The minimum Gasteiger partial charge on any atom is -0.488 e. The molecule has 1 atom stereocenters. The molecule has 0 spiro atoms. The molecule has 4 nitrogen and oxygen atoms in total. The van der Waals surface area contributed by atoms with Crippen LogP contribution in [0.15, 0.2) is 48.5 Å². The molecule has 0 bridgehead atoms. The van der Waals surface area contributed by atoms with E-state index in [0.29, 0.717) is 36.0 Å². The molecule has 1 fully saturated rings. The number of para-hydroxylation sites is 1. The number of hydrogen-bond acceptors (Lipinski definition) is 3. The summed E-state index contributed by atoms with van der Waals surface area (Å²) in [6.07, 6.45) is 0.812. The minimum absolute atomic E-state index is 0.00307. The lowest BCUT2D eigenvalue weighted by molar-refractivity contribution is 0.0528. The van der Waals surface area contributed by atoms with Crippen LogP contribution >= 0.6 is 11.6 Å². The maximum atomic E-state index is 13.1. The predicted octanol–water partition coefficient (Wildman–Crippen LogP) is 4.12. The number of nitrogens with two attached hydrogens (primary N) is 1. The molecule has 0 saturated carbocycles. The average molecular weight is 373 g/mol. The van der Waals surface area contributed by atoms with Crippen molar-refractivity contribution >= 4 is 17.5 Å². The molecule has 1 amide bonds. The van der Waals surface area contributed by atoms with Gasteiger partial charge in [0, 0.05) is 24.2 Å². The second-order valence-corrected chi connectivity index (χ2v) is 7.96. The van der Waals surface area contributed by atoms with Crippen molar-refractivity contribution in [3.63, 3.8) is 0 Å². The van der Waals surface area contributed by atoms with Gasteiger partial charge in [-0.25, -0.2) is 0 Å². The van der Waals surface area contributed by atoms with Crippen LogP contribution in [0.2, 0.25) is 5.02 Å². The van der Waals surface area contributed by atoms with Crippen LogP contribution in [0.5, 0.6) is 5.75 Å². The zero-order chi connectivity index (χ0) is 18.7. The molecule has 1 heterocycles. The number of likely N-dealkylation sites (tertiary alicyclic amines) is 1. The number of carbonyl (C=O) groups excluding carboxylic acids is 1. The molecule has 1 unspecified atom stereocenters. The van der Waals surface area contributed by atoms with Crippen molar-refractivity contribution < 1.29 is 9.53 Å². The van der Waals surface area contributed by atoms with Gasteiger partial charge in [0.25, 0.3) is 5.91 Å². The number of halogens is 1. The van der Waals surface area contributed by atoms with E-state index < -0.39 is 0 Å². The summed E-state index contributed by atoms with van der Waals surface area (Å²) in [7, 11) is 0. The lowest BCUT2D eigenvalue weighted by Gasteiger charge is -2.42. The molecule has 1 aliphatic rings. The summed E-state index contributed by atoms with van der Waals surface area (Å²) in [6.45, 7) is 5.94. The highest BCUT2D eigenvalue weighted by Crippen LogP contribution is 2.30. The Morgan fingerprint density at radius 1 is 1.23 bits per heavy atom. The van der Waals surface area contributed by atoms with E-state index in [1.807, 2.05) is 53.4 Å². The van der Waals surface area contributed by atoms with Gasteiger partial charge >= 0.3 is 0 Å². The number of nitrogens with zero attached hydrogens (tertiary/aromatic N) is 1. The number of carbonyl (C=O) groups is 1. The highest BCUT2D eigenvalue weighted by atomic mass is 35.5. The first kappa shape index (κ1) is 18.7. The van der Waals surface area contributed by atoms with E-state index >= 15 is 0 Å². The quantitative estimate of drug-likeness (QED) is 0.878. The Balaban J connectivity index is 1.74. The first-order valence-corrected chi connectivity index (χ1v) is 9.26. The first-order chi connectivity index (χ1) is 12.4. The fourth-order valence-corrected chi connectivity index (χ4v) is 3.35. The molecule has 0 aliphatic carbocycles. The van der Waals surface area contributed by atoms with Gasteiger partial charge in [-0.2, -0.15) is 0 Å². The van der Waals surface area contributed by atoms with Crippen LogP contribution in [-0.4, -0.2) is 29.9 Å². The van der Waals surface area contributed by atoms with Crippen LogP contribution in [0, 0.1) is 5.41 Å². The molecule has 1 saturated heterocycles. The standard InChI is InChI=1S/C21H25ClN2O2/c1-21(2)14-24(12-11-19(21)23)20(25)17-5-3-4-6-18(17)26-13-15-7-9-16(22)10-8-15/h3-10,19H,11-14,23H2,1-2H3. The summed E-state index contributed by atoms with van der Waals surface area (Å²) in [5, 5.41) is 0.690. The Labute approximate surface area is 159 Å². The fourth-order valence-electron chi connectivity index (χ4n) is 3.23. The lowest BCUT2D eigenvalue weighted by atomic mass is 9.79. The smallest absolute Gasteiger partial charge is 0.257 e. The molecule has 3 rings (SSSR count). The number of benzene rings is 2. The van der Waals surface area contributed by atoms with Crippen LogP contribution in [0.3, 0.4) is 0 Å². The summed E-state index contributed by atoms with van der Waals surface area (Å²) in [5.41, 5.74) is 7.70. The molecule has 2 aromatic carbocycles. The predicted molar refractivity (Wildman–Crippen MR) is 105 cm³/mol. The molecule has 1 aliphatic heterocycles. The van der Waals surface area contributed by atoms with Crippen LogP contribution in [0.1, 0.15) is 36.2 Å². The van der Waals surface area contributed by atoms with Gasteiger partial charge in [0.15, 0.2) is 0 Å². The zero-order valence-corrected chi connectivity index (χ0v) is 16.0. The number of piperidine rings is 1. The van der Waals surface area contributed by atoms with Crippen molar-refractivity contribution in [2.45, 2.75) is 32.9 Å². The highest BCUT2D eigenvalue weighted by molar-refractivity contribution is 6.30. The zero-order valence-electron chi connectivity index (χ0n) is 15.2. The van der Waals surface area contributed by atoms with Gasteiger partial charge in [0.05, 0.1) is 5.56 Å². The lowest BCUT2D eigenvalue weighted by Crippen LogP contribution is -2.54. The second-order valence-electron chi connectivity index (χ2n) is 7.52. The normalized spacial score (nSPS) is 19.2. The van der Waals surface area contributed by atoms with Crippen LogP contribution in [-0.2, 0) is 6.61 Å². The average Bonchev–Trinajstić information content (AvgIpc) is 2.63. The molecule has 138 valence electrons. The third kappa shape index (κ3) is 4.19. The van der Waals surface area contributed by atoms with Crippen LogP contribution in [0.25, 0.3) is 0 Å². The van der Waals surface area contributed by atoms with Gasteiger partial charge in [-0.1, -0.05) is 49.7 Å². The summed E-state index contributed by atoms with van der Waals surface area (Å²) >= 11 is 5.92. The van der Waals surface area contributed by atoms with Crippen molar-refractivity contribution in [2.24, 2.45) is 11.1 Å². The Hall–Kier alpha value is -2.04. The van der Waals surface area contributed by atoms with E-state index in [2.05, 4.69) is 13.8 Å². The molecular weight excluding hydrogens is 348 g/mol. The van der Waals surface area contributed by atoms with Crippen LogP contribution in [0.4, 0.5) is 0 Å². The first-order valence-electron chi connectivity index (χ1n) is 8.88. The van der Waals surface area contributed by atoms with E-state index in [4.69, 9.17) is 22.1 Å². The molecule has 26 heavy (non-hydrogen) atoms. The van der Waals surface area contributed by atoms with Gasteiger partial charge in [-0.3, -0.25) is 4.79 Å². The molecular formula is C21H25ClN2O2. The molecule has 2 N–H and O–H groups in total. The van der Waals surface area contributed by atoms with Gasteiger partial charge in [0.1, 0.15) is 12.4 Å². The highest BCUT2D eigenvalue weighted by Gasteiger charge is 2.36. The molecule has 0 radical (unpaired) electrons.